The van der Waals surface area contributed by atoms with Crippen molar-refractivity contribution in [3.8, 4) is 0 Å². The zero-order chi connectivity index (χ0) is 19.1. The monoisotopic (exact) mass is 517 g/mol. The lowest BCUT2D eigenvalue weighted by atomic mass is 10.0. The first-order valence-corrected chi connectivity index (χ1v) is 9.59. The molecule has 28 heavy (non-hydrogen) atoms. The minimum absolute atomic E-state index is 0. The molecule has 3 rings (SSSR count). The topological polar surface area (TPSA) is 52.6 Å². The lowest BCUT2D eigenvalue weighted by Crippen LogP contribution is -2.42. The van der Waals surface area contributed by atoms with Crippen LogP contribution in [0.25, 0.3) is 0 Å². The molecule has 2 N–H and O–H groups in total. The van der Waals surface area contributed by atoms with Crippen LogP contribution in [0.15, 0.2) is 47.6 Å². The van der Waals surface area contributed by atoms with Crippen LogP contribution in [-0.2, 0) is 6.54 Å². The van der Waals surface area contributed by atoms with E-state index in [9.17, 15) is 4.39 Å². The van der Waals surface area contributed by atoms with Gasteiger partial charge in [-0.3, -0.25) is 14.9 Å². The van der Waals surface area contributed by atoms with Crippen molar-refractivity contribution in [1.82, 2.24) is 20.5 Å². The Morgan fingerprint density at radius 3 is 2.64 bits per heavy atom. The summed E-state index contributed by atoms with van der Waals surface area (Å²) < 4.78 is 14.5. The maximum Gasteiger partial charge on any atom is 0.191 e. The molecule has 1 saturated heterocycles. The summed E-state index contributed by atoms with van der Waals surface area (Å²) in [4.78, 5) is 10.8. The van der Waals surface area contributed by atoms with Gasteiger partial charge in [-0.15, -0.1) is 24.0 Å². The molecule has 2 heterocycles. The summed E-state index contributed by atoms with van der Waals surface area (Å²) in [6.45, 7) is 2.96. The van der Waals surface area contributed by atoms with Gasteiger partial charge in [0.05, 0.1) is 18.3 Å². The van der Waals surface area contributed by atoms with Gasteiger partial charge in [-0.1, -0.05) is 23.7 Å². The zero-order valence-electron chi connectivity index (χ0n) is 15.9. The summed E-state index contributed by atoms with van der Waals surface area (Å²) >= 11 is 6.34. The average molecular weight is 518 g/mol. The average Bonchev–Trinajstić information content (AvgIpc) is 3.21. The van der Waals surface area contributed by atoms with Crippen molar-refractivity contribution in [2.24, 2.45) is 4.99 Å². The number of halogens is 3. The van der Waals surface area contributed by atoms with Crippen molar-refractivity contribution >= 4 is 41.5 Å². The van der Waals surface area contributed by atoms with E-state index in [1.165, 1.54) is 6.07 Å². The second kappa shape index (κ2) is 11.5. The molecule has 0 radical (unpaired) electrons. The summed E-state index contributed by atoms with van der Waals surface area (Å²) in [5.74, 6) is 0.384. The highest BCUT2D eigenvalue weighted by Gasteiger charge is 2.27. The Morgan fingerprint density at radius 1 is 1.21 bits per heavy atom. The normalized spacial score (nSPS) is 15.8. The Morgan fingerprint density at radius 2 is 2.00 bits per heavy atom. The van der Waals surface area contributed by atoms with Crippen molar-refractivity contribution < 1.29 is 4.39 Å². The van der Waals surface area contributed by atoms with Crippen LogP contribution in [0, 0.1) is 5.82 Å². The van der Waals surface area contributed by atoms with Gasteiger partial charge in [-0.05, 0) is 50.2 Å². The van der Waals surface area contributed by atoms with E-state index >= 15 is 0 Å². The van der Waals surface area contributed by atoms with Crippen molar-refractivity contribution in [2.45, 2.75) is 25.4 Å². The number of nitrogens with one attached hydrogen (secondary N) is 2. The summed E-state index contributed by atoms with van der Waals surface area (Å²) in [5.41, 5.74) is 1.47. The molecule has 0 saturated carbocycles. The SMILES string of the molecule is CN=C(NCc1ccccn1)NCC(c1c(F)cccc1Cl)N1CCCC1.I. The zero-order valence-corrected chi connectivity index (χ0v) is 19.0. The Bertz CT molecular complexity index is 748. The molecule has 152 valence electrons. The van der Waals surface area contributed by atoms with Gasteiger partial charge in [0.25, 0.3) is 0 Å². The second-order valence-corrected chi connectivity index (χ2v) is 6.93. The first-order valence-electron chi connectivity index (χ1n) is 9.21. The molecule has 1 aromatic carbocycles. The third-order valence-corrected chi connectivity index (χ3v) is 5.09. The minimum Gasteiger partial charge on any atom is -0.354 e. The highest BCUT2D eigenvalue weighted by molar-refractivity contribution is 14.0. The largest absolute Gasteiger partial charge is 0.354 e. The molecule has 0 bridgehead atoms. The van der Waals surface area contributed by atoms with Gasteiger partial charge in [-0.2, -0.15) is 0 Å². The van der Waals surface area contributed by atoms with Gasteiger partial charge in [0.2, 0.25) is 0 Å². The number of benzene rings is 1. The molecule has 1 aliphatic heterocycles. The van der Waals surface area contributed by atoms with Gasteiger partial charge in [0, 0.05) is 30.4 Å². The Kier molecular flexibility index (Phi) is 9.40. The van der Waals surface area contributed by atoms with Crippen LogP contribution in [0.1, 0.15) is 30.1 Å². The van der Waals surface area contributed by atoms with E-state index < -0.39 is 0 Å². The van der Waals surface area contributed by atoms with Crippen molar-refractivity contribution in [3.63, 3.8) is 0 Å². The van der Waals surface area contributed by atoms with E-state index in [4.69, 9.17) is 11.6 Å². The number of aliphatic imine (C=N–C) groups is 1. The van der Waals surface area contributed by atoms with E-state index in [0.717, 1.165) is 31.6 Å². The Labute approximate surface area is 187 Å². The van der Waals surface area contributed by atoms with Crippen LogP contribution in [0.5, 0.6) is 0 Å². The highest BCUT2D eigenvalue weighted by Crippen LogP contribution is 2.31. The molecule has 0 aliphatic carbocycles. The van der Waals surface area contributed by atoms with E-state index in [1.54, 1.807) is 25.4 Å². The molecular formula is C20H26ClFIN5. The fourth-order valence-corrected chi connectivity index (χ4v) is 3.68. The van der Waals surface area contributed by atoms with Crippen molar-refractivity contribution in [1.29, 1.82) is 0 Å². The molecular weight excluding hydrogens is 492 g/mol. The predicted octanol–water partition coefficient (Wildman–Crippen LogP) is 3.99. The lowest BCUT2D eigenvalue weighted by Gasteiger charge is -2.29. The minimum atomic E-state index is -0.266. The van der Waals surface area contributed by atoms with Gasteiger partial charge in [-0.25, -0.2) is 4.39 Å². The molecule has 5 nitrogen and oxygen atoms in total. The van der Waals surface area contributed by atoms with Gasteiger partial charge < -0.3 is 10.6 Å². The van der Waals surface area contributed by atoms with Crippen LogP contribution in [0.2, 0.25) is 5.02 Å². The maximum absolute atomic E-state index is 14.5. The number of guanidine groups is 1. The van der Waals surface area contributed by atoms with Crippen molar-refractivity contribution in [2.75, 3.05) is 26.7 Å². The standard InChI is InChI=1S/C20H25ClFN5.HI/c1-23-20(25-13-15-7-2-3-10-24-15)26-14-18(27-11-4-5-12-27)19-16(21)8-6-9-17(19)22;/h2-3,6-10,18H,4-5,11-14H2,1H3,(H2,23,25,26);1H. The predicted molar refractivity (Wildman–Crippen MR) is 123 cm³/mol. The van der Waals surface area contributed by atoms with E-state index in [2.05, 4.69) is 25.5 Å². The molecule has 1 unspecified atom stereocenters. The number of hydrogen-bond acceptors (Lipinski definition) is 3. The van der Waals surface area contributed by atoms with Crippen LogP contribution in [-0.4, -0.2) is 42.5 Å². The molecule has 0 spiro atoms. The van der Waals surface area contributed by atoms with Crippen LogP contribution in [0.3, 0.4) is 0 Å². The number of rotatable bonds is 6. The fourth-order valence-electron chi connectivity index (χ4n) is 3.39. The molecule has 1 atom stereocenters. The summed E-state index contributed by atoms with van der Waals surface area (Å²) in [6.07, 6.45) is 4.00. The quantitative estimate of drug-likeness (QED) is 0.346. The summed E-state index contributed by atoms with van der Waals surface area (Å²) in [7, 11) is 1.72. The third-order valence-electron chi connectivity index (χ3n) is 4.76. The number of pyridine rings is 1. The molecule has 1 fully saturated rings. The van der Waals surface area contributed by atoms with Gasteiger partial charge in [0.1, 0.15) is 5.82 Å². The fraction of sp³-hybridized carbons (Fsp3) is 0.400. The maximum atomic E-state index is 14.5. The number of aromatic nitrogens is 1. The first-order chi connectivity index (χ1) is 13.2. The third kappa shape index (κ3) is 6.02. The van der Waals surface area contributed by atoms with Gasteiger partial charge in [0.15, 0.2) is 5.96 Å². The smallest absolute Gasteiger partial charge is 0.191 e. The molecule has 1 aliphatic rings. The number of likely N-dealkylation sites (tertiary alicyclic amines) is 1. The first kappa shape index (κ1) is 22.8. The lowest BCUT2D eigenvalue weighted by molar-refractivity contribution is 0.240. The molecule has 2 aromatic rings. The Hall–Kier alpha value is -1.45. The molecule has 8 heteroatoms. The summed E-state index contributed by atoms with van der Waals surface area (Å²) in [5, 5.41) is 7.02. The summed E-state index contributed by atoms with van der Waals surface area (Å²) in [6, 6.07) is 10.5. The Balaban J connectivity index is 0.00000280. The van der Waals surface area contributed by atoms with E-state index in [-0.39, 0.29) is 35.8 Å². The second-order valence-electron chi connectivity index (χ2n) is 6.52. The van der Waals surface area contributed by atoms with Crippen LogP contribution < -0.4 is 10.6 Å². The van der Waals surface area contributed by atoms with E-state index in [0.29, 0.717) is 29.6 Å². The van der Waals surface area contributed by atoms with E-state index in [1.807, 2.05) is 18.2 Å². The highest BCUT2D eigenvalue weighted by atomic mass is 127. The van der Waals surface area contributed by atoms with Crippen LogP contribution in [0.4, 0.5) is 4.39 Å². The molecule has 1 aromatic heterocycles. The number of hydrogen-bond donors (Lipinski definition) is 2. The van der Waals surface area contributed by atoms with Gasteiger partial charge >= 0.3 is 0 Å². The van der Waals surface area contributed by atoms with Crippen LogP contribution >= 0.6 is 35.6 Å². The number of nitrogens with zero attached hydrogens (tertiary/aromatic N) is 3. The van der Waals surface area contributed by atoms with Crippen molar-refractivity contribution in [3.05, 3.63) is 64.7 Å². The molecule has 0 amide bonds.